The maximum absolute atomic E-state index is 13.4. The van der Waals surface area contributed by atoms with Crippen molar-refractivity contribution in [2.24, 2.45) is 5.92 Å². The number of hydrogen-bond acceptors (Lipinski definition) is 8. The largest absolute Gasteiger partial charge is 0.481 e. The summed E-state index contributed by atoms with van der Waals surface area (Å²) in [6.45, 7) is 5.47. The van der Waals surface area contributed by atoms with E-state index in [0.29, 0.717) is 32.1 Å². The molecule has 10 heteroatoms. The first-order chi connectivity index (χ1) is 17.8. The number of carbonyl (C=O) groups is 2. The highest BCUT2D eigenvalue weighted by Crippen LogP contribution is 2.38. The van der Waals surface area contributed by atoms with Crippen LogP contribution in [0, 0.1) is 5.92 Å². The van der Waals surface area contributed by atoms with Crippen LogP contribution in [-0.2, 0) is 9.53 Å². The third kappa shape index (κ3) is 6.88. The van der Waals surface area contributed by atoms with Crippen LogP contribution in [0.4, 0.5) is 11.5 Å². The molecule has 2 heterocycles. The van der Waals surface area contributed by atoms with E-state index in [1.807, 2.05) is 26.0 Å². The molecule has 0 atom stereocenters. The lowest BCUT2D eigenvalue weighted by Crippen LogP contribution is -2.32. The second kappa shape index (κ2) is 12.2. The first-order valence-corrected chi connectivity index (χ1v) is 13.0. The zero-order valence-corrected chi connectivity index (χ0v) is 21.5. The predicted molar refractivity (Wildman–Crippen MR) is 138 cm³/mol. The number of carboxylic acids is 1. The van der Waals surface area contributed by atoms with Crippen LogP contribution in [0.2, 0.25) is 0 Å². The zero-order chi connectivity index (χ0) is 26.4. The molecule has 10 nitrogen and oxygen atoms in total. The number of rotatable bonds is 10. The molecule has 1 saturated carbocycles. The number of hydrogen-bond donors (Lipinski definition) is 2. The van der Waals surface area contributed by atoms with Crippen LogP contribution in [0.25, 0.3) is 0 Å². The molecular weight excluding hydrogens is 476 g/mol. The Balaban J connectivity index is 1.40. The Morgan fingerprint density at radius 2 is 1.89 bits per heavy atom. The molecule has 1 fully saturated rings. The second-order valence-electron chi connectivity index (χ2n) is 9.91. The topological polar surface area (TPSA) is 137 Å². The number of carbonyl (C=O) groups excluding carboxylic acids is 1. The summed E-state index contributed by atoms with van der Waals surface area (Å²) in [5, 5.41) is 9.04. The summed E-state index contributed by atoms with van der Waals surface area (Å²) >= 11 is 0. The van der Waals surface area contributed by atoms with Crippen LogP contribution in [-0.4, -0.2) is 59.4 Å². The van der Waals surface area contributed by atoms with Crippen LogP contribution in [0.3, 0.4) is 0 Å². The lowest BCUT2D eigenvalue weighted by atomic mass is 9.77. The van der Waals surface area contributed by atoms with Gasteiger partial charge in [-0.3, -0.25) is 9.59 Å². The highest BCUT2D eigenvalue weighted by molar-refractivity contribution is 6.10. The van der Waals surface area contributed by atoms with Crippen LogP contribution in [0.5, 0.6) is 11.9 Å². The number of benzene rings is 1. The second-order valence-corrected chi connectivity index (χ2v) is 9.91. The Hall–Kier alpha value is -3.40. The van der Waals surface area contributed by atoms with Crippen LogP contribution >= 0.6 is 0 Å². The fourth-order valence-electron chi connectivity index (χ4n) is 4.94. The van der Waals surface area contributed by atoms with Gasteiger partial charge in [0.15, 0.2) is 0 Å². The van der Waals surface area contributed by atoms with Gasteiger partial charge in [-0.1, -0.05) is 12.1 Å². The number of carboxylic acid groups (broad SMARTS) is 1. The van der Waals surface area contributed by atoms with Gasteiger partial charge in [-0.2, -0.15) is 9.97 Å². The summed E-state index contributed by atoms with van der Waals surface area (Å²) in [4.78, 5) is 34.5. The van der Waals surface area contributed by atoms with E-state index in [-0.39, 0.29) is 54.2 Å². The number of amides is 1. The van der Waals surface area contributed by atoms with Crippen molar-refractivity contribution in [1.29, 1.82) is 0 Å². The van der Waals surface area contributed by atoms with Gasteiger partial charge in [-0.25, -0.2) is 0 Å². The number of nitrogen functional groups attached to an aromatic ring is 1. The van der Waals surface area contributed by atoms with E-state index in [0.717, 1.165) is 31.4 Å². The number of aliphatic carboxylic acids is 1. The maximum Gasteiger partial charge on any atom is 0.321 e. The normalized spacial score (nSPS) is 19.8. The van der Waals surface area contributed by atoms with Gasteiger partial charge in [0.1, 0.15) is 18.0 Å². The fourth-order valence-corrected chi connectivity index (χ4v) is 4.94. The lowest BCUT2D eigenvalue weighted by Gasteiger charge is -2.28. The van der Waals surface area contributed by atoms with Crippen molar-refractivity contribution in [2.75, 3.05) is 37.0 Å². The molecule has 0 radical (unpaired) electrons. The van der Waals surface area contributed by atoms with Gasteiger partial charge in [0.2, 0.25) is 5.88 Å². The van der Waals surface area contributed by atoms with Gasteiger partial charge in [0.05, 0.1) is 25.9 Å². The minimum Gasteiger partial charge on any atom is -0.481 e. The first-order valence-electron chi connectivity index (χ1n) is 13.0. The van der Waals surface area contributed by atoms with Gasteiger partial charge >= 0.3 is 12.0 Å². The van der Waals surface area contributed by atoms with Crippen molar-refractivity contribution < 1.29 is 28.9 Å². The van der Waals surface area contributed by atoms with Gasteiger partial charge in [0.25, 0.3) is 5.91 Å². The van der Waals surface area contributed by atoms with E-state index in [4.69, 9.17) is 25.1 Å². The Labute approximate surface area is 217 Å². The molecule has 1 aromatic carbocycles. The minimum atomic E-state index is -0.720. The van der Waals surface area contributed by atoms with Crippen molar-refractivity contribution in [3.63, 3.8) is 0 Å². The number of aromatic nitrogens is 2. The van der Waals surface area contributed by atoms with Crippen LogP contribution < -0.4 is 20.1 Å². The lowest BCUT2D eigenvalue weighted by molar-refractivity contribution is -0.138. The quantitative estimate of drug-likeness (QED) is 0.452. The highest BCUT2D eigenvalue weighted by atomic mass is 16.5. The molecular formula is C27H36N4O6. The smallest absolute Gasteiger partial charge is 0.321 e. The van der Waals surface area contributed by atoms with Crippen LogP contribution in [0.1, 0.15) is 74.2 Å². The van der Waals surface area contributed by atoms with E-state index in [1.165, 1.54) is 5.56 Å². The SMILES string of the molecule is CC(C)OCCCOc1nc(N)c2c(n1)OCCN(c1ccc(C3CCC(CC(=O)O)CC3)cc1)C2=O. The Morgan fingerprint density at radius 1 is 1.16 bits per heavy atom. The van der Waals surface area contributed by atoms with E-state index >= 15 is 0 Å². The molecule has 1 aliphatic heterocycles. The zero-order valence-electron chi connectivity index (χ0n) is 21.5. The van der Waals surface area contributed by atoms with Gasteiger partial charge < -0.3 is 30.0 Å². The summed E-state index contributed by atoms with van der Waals surface area (Å²) in [5.41, 5.74) is 8.24. The van der Waals surface area contributed by atoms with Crippen LogP contribution in [0.15, 0.2) is 24.3 Å². The molecule has 0 unspecified atom stereocenters. The van der Waals surface area contributed by atoms with E-state index in [9.17, 15) is 9.59 Å². The summed E-state index contributed by atoms with van der Waals surface area (Å²) in [6, 6.07) is 8.06. The Bertz CT molecular complexity index is 1080. The minimum absolute atomic E-state index is 0.0186. The molecule has 37 heavy (non-hydrogen) atoms. The molecule has 2 aliphatic rings. The van der Waals surface area contributed by atoms with Crippen molar-refractivity contribution in [1.82, 2.24) is 9.97 Å². The summed E-state index contributed by atoms with van der Waals surface area (Å²) in [7, 11) is 0. The Morgan fingerprint density at radius 3 is 2.57 bits per heavy atom. The number of nitrogens with two attached hydrogens (primary N) is 1. The molecule has 0 saturated heterocycles. The van der Waals surface area contributed by atoms with E-state index in [1.54, 1.807) is 4.90 Å². The molecule has 3 N–H and O–H groups in total. The number of anilines is 2. The fraction of sp³-hybridized carbons (Fsp3) is 0.556. The Kier molecular flexibility index (Phi) is 8.81. The predicted octanol–water partition coefficient (Wildman–Crippen LogP) is 4.04. The summed E-state index contributed by atoms with van der Waals surface area (Å²) in [5.74, 6) is -0.220. The summed E-state index contributed by atoms with van der Waals surface area (Å²) in [6.07, 6.45) is 4.88. The van der Waals surface area contributed by atoms with E-state index in [2.05, 4.69) is 22.1 Å². The number of nitrogens with zero attached hydrogens (tertiary/aromatic N) is 3. The highest BCUT2D eigenvalue weighted by Gasteiger charge is 2.30. The standard InChI is InChI=1S/C27H36N4O6/c1-17(2)35-13-3-14-37-27-29-24(28)23-25(30-27)36-15-12-31(26(23)34)21-10-8-20(9-11-21)19-6-4-18(5-7-19)16-22(32)33/h8-11,17-19H,3-7,12-16H2,1-2H3,(H,32,33)(H2,28,29,30). The molecule has 4 rings (SSSR count). The van der Waals surface area contributed by atoms with Gasteiger partial charge in [0, 0.05) is 18.5 Å². The van der Waals surface area contributed by atoms with Crippen molar-refractivity contribution in [3.8, 4) is 11.9 Å². The number of fused-ring (bicyclic) bond motifs is 1. The average Bonchev–Trinajstić information content (AvgIpc) is 3.02. The van der Waals surface area contributed by atoms with Crippen molar-refractivity contribution >= 4 is 23.4 Å². The average molecular weight is 513 g/mol. The van der Waals surface area contributed by atoms with Crippen molar-refractivity contribution in [3.05, 3.63) is 35.4 Å². The molecule has 2 aromatic rings. The third-order valence-electron chi connectivity index (χ3n) is 6.85. The third-order valence-corrected chi connectivity index (χ3v) is 6.85. The number of ether oxygens (including phenoxy) is 3. The van der Waals surface area contributed by atoms with Crippen molar-refractivity contribution in [2.45, 2.75) is 64.4 Å². The molecule has 1 aliphatic carbocycles. The molecule has 0 bridgehead atoms. The molecule has 200 valence electrons. The molecule has 0 spiro atoms. The maximum atomic E-state index is 13.4. The van der Waals surface area contributed by atoms with Gasteiger partial charge in [-0.15, -0.1) is 0 Å². The summed E-state index contributed by atoms with van der Waals surface area (Å²) < 4.78 is 16.9. The monoisotopic (exact) mass is 512 g/mol. The van der Waals surface area contributed by atoms with E-state index < -0.39 is 5.97 Å². The molecule has 1 amide bonds. The van der Waals surface area contributed by atoms with Gasteiger partial charge in [-0.05, 0) is 69.1 Å². The first kappa shape index (κ1) is 26.7. The molecule has 1 aromatic heterocycles.